The first kappa shape index (κ1) is 42.9. The molecule has 0 saturated carbocycles. The van der Waals surface area contributed by atoms with Gasteiger partial charge in [0.1, 0.15) is 29.8 Å². The Kier molecular flexibility index (Phi) is 10.3. The molecule has 0 bridgehead atoms. The second kappa shape index (κ2) is 15.4. The fourth-order valence-electron chi connectivity index (χ4n) is 8.91. The van der Waals surface area contributed by atoms with Crippen LogP contribution in [0.2, 0.25) is 0 Å². The first-order valence-corrected chi connectivity index (χ1v) is 22.6. The quantitative estimate of drug-likeness (QED) is 0.167. The van der Waals surface area contributed by atoms with Gasteiger partial charge in [0, 0.05) is 46.0 Å². The number of nitrogens with zero attached hydrogens (tertiary/aromatic N) is 4. The normalized spacial score (nSPS) is 13.6. The van der Waals surface area contributed by atoms with Gasteiger partial charge in [-0.1, -0.05) is 126 Å². The lowest BCUT2D eigenvalue weighted by Gasteiger charge is -2.30. The number of aromatic nitrogens is 2. The van der Waals surface area contributed by atoms with E-state index in [2.05, 4.69) is 201 Å². The minimum atomic E-state index is -0.256. The summed E-state index contributed by atoms with van der Waals surface area (Å²) < 4.78 is 24.0. The van der Waals surface area contributed by atoms with E-state index in [0.717, 1.165) is 67.6 Å². The van der Waals surface area contributed by atoms with E-state index in [9.17, 15) is 4.39 Å². The van der Waals surface area contributed by atoms with Crippen LogP contribution in [0.25, 0.3) is 38.8 Å². The van der Waals surface area contributed by atoms with Crippen molar-refractivity contribution in [3.63, 3.8) is 0 Å². The smallest absolute Gasteiger partial charge is 0.137 e. The number of hydrogen-bond acceptors (Lipinski definition) is 4. The molecule has 0 spiro atoms. The highest BCUT2D eigenvalue weighted by atomic mass is 19.1. The highest BCUT2D eigenvalue weighted by Crippen LogP contribution is 2.51. The highest BCUT2D eigenvalue weighted by Gasteiger charge is 2.33. The standard InChI is InChI=1S/C58H61FN4O/c1-55(2,3)38-22-25-50-49(32-38)48-24-23-46(35-52(48)63(50)53-33-39(26-27-60-53)56(4,5)6)64-45-19-14-18-43(34-45)61-36-62(44-30-40(57(7,8)9)29-41(31-44)58(10,11)12)54-47(20-15-21-51(54)61)37-16-13-17-42(59)28-37/h13-35H,36H2,1-12H3. The van der Waals surface area contributed by atoms with Crippen molar-refractivity contribution in [3.8, 4) is 28.4 Å². The molecule has 0 fully saturated rings. The van der Waals surface area contributed by atoms with Gasteiger partial charge < -0.3 is 14.5 Å². The van der Waals surface area contributed by atoms with Gasteiger partial charge in [-0.3, -0.25) is 4.57 Å². The number of rotatable bonds is 6. The number of hydrogen-bond donors (Lipinski definition) is 0. The van der Waals surface area contributed by atoms with Crippen molar-refractivity contribution in [2.45, 2.75) is 105 Å². The van der Waals surface area contributed by atoms with E-state index in [0.29, 0.717) is 6.67 Å². The Hall–Kier alpha value is -6.40. The zero-order valence-corrected chi connectivity index (χ0v) is 39.6. The summed E-state index contributed by atoms with van der Waals surface area (Å²) in [5.41, 5.74) is 13.1. The molecule has 0 amide bonds. The Morgan fingerprint density at radius 1 is 0.500 bits per heavy atom. The summed E-state index contributed by atoms with van der Waals surface area (Å²) in [6, 6.07) is 46.2. The molecule has 0 N–H and O–H groups in total. The van der Waals surface area contributed by atoms with Crippen LogP contribution in [0.1, 0.15) is 105 Å². The molecule has 1 aliphatic heterocycles. The van der Waals surface area contributed by atoms with Crippen molar-refractivity contribution in [2.24, 2.45) is 0 Å². The van der Waals surface area contributed by atoms with Crippen molar-refractivity contribution in [1.29, 1.82) is 0 Å². The van der Waals surface area contributed by atoms with Crippen LogP contribution in [0, 0.1) is 5.82 Å². The Bertz CT molecular complexity index is 3040. The second-order valence-electron chi connectivity index (χ2n) is 21.7. The minimum absolute atomic E-state index is 0.000827. The molecule has 0 atom stereocenters. The lowest BCUT2D eigenvalue weighted by Crippen LogP contribution is -2.25. The van der Waals surface area contributed by atoms with E-state index >= 15 is 0 Å². The molecule has 326 valence electrons. The maximum absolute atomic E-state index is 14.9. The Balaban J connectivity index is 1.15. The highest BCUT2D eigenvalue weighted by molar-refractivity contribution is 6.10. The molecular formula is C58H61FN4O. The summed E-state index contributed by atoms with van der Waals surface area (Å²) in [4.78, 5) is 9.68. The zero-order valence-electron chi connectivity index (χ0n) is 39.6. The molecule has 2 aromatic heterocycles. The first-order valence-electron chi connectivity index (χ1n) is 22.6. The third-order valence-corrected chi connectivity index (χ3v) is 12.8. The number of para-hydroxylation sites is 1. The van der Waals surface area contributed by atoms with E-state index in [1.165, 1.54) is 33.7 Å². The van der Waals surface area contributed by atoms with E-state index < -0.39 is 0 Å². The molecule has 1 aliphatic rings. The number of halogens is 1. The summed E-state index contributed by atoms with van der Waals surface area (Å²) >= 11 is 0. The molecule has 0 unspecified atom stereocenters. The van der Waals surface area contributed by atoms with Gasteiger partial charge in [-0.2, -0.15) is 0 Å². The first-order chi connectivity index (χ1) is 30.1. The molecule has 0 radical (unpaired) electrons. The third kappa shape index (κ3) is 8.04. The number of pyridine rings is 1. The Morgan fingerprint density at radius 3 is 1.84 bits per heavy atom. The van der Waals surface area contributed by atoms with Gasteiger partial charge in [0.05, 0.1) is 22.4 Å². The van der Waals surface area contributed by atoms with Gasteiger partial charge in [0.2, 0.25) is 0 Å². The van der Waals surface area contributed by atoms with E-state index in [1.54, 1.807) is 12.1 Å². The third-order valence-electron chi connectivity index (χ3n) is 12.8. The maximum atomic E-state index is 14.9. The fourth-order valence-corrected chi connectivity index (χ4v) is 8.91. The van der Waals surface area contributed by atoms with Gasteiger partial charge in [-0.05, 0) is 128 Å². The minimum Gasteiger partial charge on any atom is -0.457 e. The molecule has 64 heavy (non-hydrogen) atoms. The summed E-state index contributed by atoms with van der Waals surface area (Å²) in [5.74, 6) is 2.09. The average Bonchev–Trinajstić information content (AvgIpc) is 3.78. The van der Waals surface area contributed by atoms with E-state index in [-0.39, 0.29) is 27.5 Å². The SMILES string of the molecule is CC(C)(C)c1cc(N2CN(c3cccc(Oc4ccc5c6cc(C(C)(C)C)ccc6n(-c6cc(C(C)(C)C)ccn6)c5c4)c3)c3cccc(-c4cccc(F)c4)c32)cc(C(C)(C)C)c1. The van der Waals surface area contributed by atoms with E-state index in [4.69, 9.17) is 9.72 Å². The van der Waals surface area contributed by atoms with Crippen LogP contribution < -0.4 is 14.5 Å². The van der Waals surface area contributed by atoms with Crippen molar-refractivity contribution in [3.05, 3.63) is 168 Å². The van der Waals surface area contributed by atoms with Crippen LogP contribution in [0.15, 0.2) is 140 Å². The van der Waals surface area contributed by atoms with Crippen molar-refractivity contribution in [1.82, 2.24) is 9.55 Å². The van der Waals surface area contributed by atoms with E-state index in [1.807, 2.05) is 18.3 Å². The van der Waals surface area contributed by atoms with Crippen LogP contribution in [0.3, 0.4) is 0 Å². The van der Waals surface area contributed by atoms with Crippen LogP contribution in [-0.2, 0) is 21.7 Å². The molecule has 0 aliphatic carbocycles. The molecule has 9 rings (SSSR count). The second-order valence-corrected chi connectivity index (χ2v) is 21.7. The van der Waals surface area contributed by atoms with Crippen LogP contribution >= 0.6 is 0 Å². The zero-order chi connectivity index (χ0) is 45.5. The van der Waals surface area contributed by atoms with Crippen molar-refractivity contribution in [2.75, 3.05) is 16.5 Å². The predicted octanol–water partition coefficient (Wildman–Crippen LogP) is 16.2. The van der Waals surface area contributed by atoms with Gasteiger partial charge in [-0.25, -0.2) is 9.37 Å². The number of anilines is 4. The predicted molar refractivity (Wildman–Crippen MR) is 267 cm³/mol. The van der Waals surface area contributed by atoms with Gasteiger partial charge >= 0.3 is 0 Å². The van der Waals surface area contributed by atoms with Crippen LogP contribution in [0.4, 0.5) is 27.1 Å². The number of fused-ring (bicyclic) bond motifs is 4. The van der Waals surface area contributed by atoms with Gasteiger partial charge in [0.15, 0.2) is 0 Å². The van der Waals surface area contributed by atoms with Gasteiger partial charge in [0.25, 0.3) is 0 Å². The Labute approximate surface area is 379 Å². The average molecular weight is 849 g/mol. The summed E-state index contributed by atoms with van der Waals surface area (Å²) in [5, 5.41) is 2.34. The summed E-state index contributed by atoms with van der Waals surface area (Å²) in [7, 11) is 0. The lowest BCUT2D eigenvalue weighted by molar-refractivity contribution is 0.483. The summed E-state index contributed by atoms with van der Waals surface area (Å²) in [6.07, 6.45) is 1.92. The molecule has 6 aromatic carbocycles. The molecule has 8 aromatic rings. The van der Waals surface area contributed by atoms with Crippen molar-refractivity contribution < 1.29 is 9.13 Å². The largest absolute Gasteiger partial charge is 0.457 e. The monoisotopic (exact) mass is 848 g/mol. The molecular weight excluding hydrogens is 788 g/mol. The number of ether oxygens (including phenoxy) is 1. The fraction of sp³-hybridized carbons (Fsp3) is 0.293. The van der Waals surface area contributed by atoms with Crippen molar-refractivity contribution >= 4 is 44.6 Å². The molecule has 0 saturated heterocycles. The molecule has 5 nitrogen and oxygen atoms in total. The molecule has 6 heteroatoms. The van der Waals surface area contributed by atoms with Crippen LogP contribution in [-0.4, -0.2) is 16.2 Å². The van der Waals surface area contributed by atoms with Gasteiger partial charge in [-0.15, -0.1) is 0 Å². The molecule has 3 heterocycles. The maximum Gasteiger partial charge on any atom is 0.137 e. The van der Waals surface area contributed by atoms with Crippen LogP contribution in [0.5, 0.6) is 11.5 Å². The Morgan fingerprint density at radius 2 is 1.16 bits per heavy atom. The number of benzene rings is 6. The summed E-state index contributed by atoms with van der Waals surface area (Å²) in [6.45, 7) is 27.7. The lowest BCUT2D eigenvalue weighted by atomic mass is 9.80. The topological polar surface area (TPSA) is 33.5 Å².